The Morgan fingerprint density at radius 2 is 1.08 bits per heavy atom. The number of anilines is 3. The minimum Gasteiger partial charge on any atom is -0.310 e. The highest BCUT2D eigenvalue weighted by atomic mass is 32.1. The fourth-order valence-corrected chi connectivity index (χ4v) is 12.6. The van der Waals surface area contributed by atoms with E-state index >= 15 is 0 Å². The Morgan fingerprint density at radius 1 is 0.467 bits per heavy atom. The van der Waals surface area contributed by atoms with Crippen LogP contribution in [0.5, 0.6) is 0 Å². The molecule has 8 aromatic carbocycles. The molecular weight excluding hydrogens is 743 g/mol. The summed E-state index contributed by atoms with van der Waals surface area (Å²) in [5, 5.41) is 2.64. The number of hydrogen-bond donors (Lipinski definition) is 0. The van der Waals surface area contributed by atoms with Gasteiger partial charge in [-0.3, -0.25) is 0 Å². The van der Waals surface area contributed by atoms with Crippen LogP contribution in [0.4, 0.5) is 17.1 Å². The second kappa shape index (κ2) is 12.9. The van der Waals surface area contributed by atoms with Gasteiger partial charge in [0.1, 0.15) is 0 Å². The molecule has 1 atom stereocenters. The zero-order valence-corrected chi connectivity index (χ0v) is 35.1. The minimum atomic E-state index is -0.430. The first kappa shape index (κ1) is 35.2. The highest BCUT2D eigenvalue weighted by molar-refractivity contribution is 7.26. The van der Waals surface area contributed by atoms with Crippen molar-refractivity contribution in [3.05, 3.63) is 227 Å². The Morgan fingerprint density at radius 3 is 1.90 bits per heavy atom. The highest BCUT2D eigenvalue weighted by Crippen LogP contribution is 2.65. The molecule has 1 nitrogen and oxygen atoms in total. The van der Waals surface area contributed by atoms with Crippen LogP contribution in [0, 0.1) is 0 Å². The van der Waals surface area contributed by atoms with Crippen LogP contribution in [0.3, 0.4) is 0 Å². The number of nitrogens with zero attached hydrogens (tertiary/aromatic N) is 1. The van der Waals surface area contributed by atoms with Crippen molar-refractivity contribution in [2.75, 3.05) is 4.90 Å². The van der Waals surface area contributed by atoms with Crippen molar-refractivity contribution in [2.45, 2.75) is 38.5 Å². The molecule has 3 aliphatic carbocycles. The SMILES string of the molecule is CC=C1/C(=C\C)C2(c3ccccc31)c1ccccc1-c1c(N(c3cccc(-c4cccc5c4sc4ccccc45)c3)c3ccc4c(c3)C(C)(C)c3ccccc3-4)cccc12. The van der Waals surface area contributed by atoms with Crippen molar-refractivity contribution in [2.24, 2.45) is 0 Å². The average Bonchev–Trinajstić information content (AvgIpc) is 3.98. The Labute approximate surface area is 356 Å². The summed E-state index contributed by atoms with van der Waals surface area (Å²) < 4.78 is 2.65. The van der Waals surface area contributed by atoms with Gasteiger partial charge in [-0.1, -0.05) is 166 Å². The zero-order chi connectivity index (χ0) is 40.3. The summed E-state index contributed by atoms with van der Waals surface area (Å²) in [6, 6.07) is 66.3. The monoisotopic (exact) mass is 785 g/mol. The summed E-state index contributed by atoms with van der Waals surface area (Å²) >= 11 is 1.89. The lowest BCUT2D eigenvalue weighted by Crippen LogP contribution is -2.26. The van der Waals surface area contributed by atoms with Crippen LogP contribution in [0.2, 0.25) is 0 Å². The highest BCUT2D eigenvalue weighted by Gasteiger charge is 2.53. The van der Waals surface area contributed by atoms with E-state index in [0.29, 0.717) is 0 Å². The van der Waals surface area contributed by atoms with Gasteiger partial charge in [-0.25, -0.2) is 0 Å². The van der Waals surface area contributed by atoms with Crippen molar-refractivity contribution in [3.63, 3.8) is 0 Å². The van der Waals surface area contributed by atoms with Crippen LogP contribution in [0.25, 0.3) is 59.1 Å². The molecular formula is C58H43NS. The fourth-order valence-electron chi connectivity index (χ4n) is 11.3. The first-order chi connectivity index (χ1) is 29.4. The van der Waals surface area contributed by atoms with Crippen molar-refractivity contribution >= 4 is 54.1 Å². The van der Waals surface area contributed by atoms with E-state index in [-0.39, 0.29) is 5.41 Å². The minimum absolute atomic E-state index is 0.140. The van der Waals surface area contributed by atoms with Crippen molar-refractivity contribution in [1.82, 2.24) is 0 Å². The number of benzene rings is 8. The quantitative estimate of drug-likeness (QED) is 0.172. The van der Waals surface area contributed by atoms with Gasteiger partial charge in [0.15, 0.2) is 0 Å². The third-order valence-corrected chi connectivity index (χ3v) is 15.0. The lowest BCUT2D eigenvalue weighted by molar-refractivity contribution is 0.660. The van der Waals surface area contributed by atoms with E-state index in [1.54, 1.807) is 0 Å². The molecule has 3 aliphatic rings. The van der Waals surface area contributed by atoms with Crippen molar-refractivity contribution < 1.29 is 0 Å². The number of rotatable bonds is 4. The topological polar surface area (TPSA) is 3.24 Å². The molecule has 1 unspecified atom stereocenters. The van der Waals surface area contributed by atoms with Gasteiger partial charge in [0.2, 0.25) is 0 Å². The van der Waals surface area contributed by atoms with Crippen molar-refractivity contribution in [3.8, 4) is 33.4 Å². The molecule has 1 aromatic heterocycles. The lowest BCUT2D eigenvalue weighted by atomic mass is 9.70. The van der Waals surface area contributed by atoms with E-state index in [2.05, 4.69) is 221 Å². The Hall–Kier alpha value is -6.74. The summed E-state index contributed by atoms with van der Waals surface area (Å²) in [6.07, 6.45) is 4.68. The molecule has 12 rings (SSSR count). The van der Waals surface area contributed by atoms with E-state index < -0.39 is 5.41 Å². The number of thiophene rings is 1. The molecule has 286 valence electrons. The third-order valence-electron chi connectivity index (χ3n) is 13.8. The Bertz CT molecular complexity index is 3340. The molecule has 0 fully saturated rings. The lowest BCUT2D eigenvalue weighted by Gasteiger charge is -2.32. The van der Waals surface area contributed by atoms with Gasteiger partial charge in [0.05, 0.1) is 11.1 Å². The second-order valence-corrected chi connectivity index (χ2v) is 18.1. The molecule has 0 saturated heterocycles. The summed E-state index contributed by atoms with van der Waals surface area (Å²) in [5.41, 5.74) is 21.4. The first-order valence-corrected chi connectivity index (χ1v) is 22.0. The van der Waals surface area contributed by atoms with Crippen LogP contribution < -0.4 is 4.90 Å². The van der Waals surface area contributed by atoms with Crippen LogP contribution in [0.1, 0.15) is 61.1 Å². The number of allylic oxidation sites excluding steroid dienone is 4. The standard InChI is InChI=1S/C58H43NS/c1-5-39-41-20-8-12-27-49(41)58(47(39)6-2)50-28-13-9-23-46(50)55-51(58)29-17-30-53(55)59(38-32-33-43-42-21-7-11-26-48(42)57(3,4)52(43)35-38)37-19-15-18-36(34-37)40-24-16-25-45-44-22-10-14-31-54(44)60-56(40)45/h5-35H,1-4H3/b39-5?,47-6+. The Balaban J connectivity index is 1.14. The van der Waals surface area contributed by atoms with Crippen LogP contribution in [0.15, 0.2) is 194 Å². The van der Waals surface area contributed by atoms with Gasteiger partial charge in [-0.15, -0.1) is 11.3 Å². The molecule has 1 spiro atoms. The molecule has 0 aliphatic heterocycles. The van der Waals surface area contributed by atoms with Crippen LogP contribution >= 0.6 is 11.3 Å². The van der Waals surface area contributed by atoms with E-state index in [9.17, 15) is 0 Å². The maximum atomic E-state index is 2.55. The maximum absolute atomic E-state index is 2.55. The van der Waals surface area contributed by atoms with E-state index in [1.807, 2.05) is 11.3 Å². The predicted octanol–water partition coefficient (Wildman–Crippen LogP) is 16.2. The predicted molar refractivity (Wildman–Crippen MR) is 256 cm³/mol. The summed E-state index contributed by atoms with van der Waals surface area (Å²) in [4.78, 5) is 2.55. The normalized spacial score (nSPS) is 17.9. The largest absolute Gasteiger partial charge is 0.310 e. The van der Waals surface area contributed by atoms with Gasteiger partial charge in [-0.2, -0.15) is 0 Å². The molecule has 0 N–H and O–H groups in total. The zero-order valence-electron chi connectivity index (χ0n) is 34.3. The molecule has 0 bridgehead atoms. The van der Waals surface area contributed by atoms with E-state index in [0.717, 1.165) is 11.4 Å². The first-order valence-electron chi connectivity index (χ1n) is 21.2. The number of hydrogen-bond acceptors (Lipinski definition) is 2. The molecule has 1 heterocycles. The smallest absolute Gasteiger partial charge is 0.0723 e. The molecule has 0 radical (unpaired) electrons. The van der Waals surface area contributed by atoms with Gasteiger partial charge in [0.25, 0.3) is 0 Å². The van der Waals surface area contributed by atoms with E-state index in [4.69, 9.17) is 0 Å². The second-order valence-electron chi connectivity index (χ2n) is 17.0. The third kappa shape index (κ3) is 4.57. The number of fused-ring (bicyclic) bond motifs is 13. The van der Waals surface area contributed by atoms with Gasteiger partial charge < -0.3 is 4.90 Å². The molecule has 0 amide bonds. The van der Waals surface area contributed by atoms with Crippen LogP contribution in [-0.4, -0.2) is 0 Å². The fraction of sp³-hybridized carbons (Fsp3) is 0.103. The summed E-state index contributed by atoms with van der Waals surface area (Å²) in [7, 11) is 0. The molecule has 0 saturated carbocycles. The average molecular weight is 786 g/mol. The van der Waals surface area contributed by atoms with Crippen molar-refractivity contribution in [1.29, 1.82) is 0 Å². The van der Waals surface area contributed by atoms with Gasteiger partial charge >= 0.3 is 0 Å². The van der Waals surface area contributed by atoms with Gasteiger partial charge in [0, 0.05) is 42.5 Å². The summed E-state index contributed by atoms with van der Waals surface area (Å²) in [5.74, 6) is 0. The molecule has 9 aromatic rings. The van der Waals surface area contributed by atoms with E-state index in [1.165, 1.54) is 104 Å². The Kier molecular flexibility index (Phi) is 7.56. The van der Waals surface area contributed by atoms with Crippen LogP contribution in [-0.2, 0) is 10.8 Å². The molecule has 2 heteroatoms. The van der Waals surface area contributed by atoms with Gasteiger partial charge in [-0.05, 0) is 123 Å². The summed E-state index contributed by atoms with van der Waals surface area (Å²) in [6.45, 7) is 9.17. The maximum Gasteiger partial charge on any atom is 0.0723 e. The molecule has 60 heavy (non-hydrogen) atoms.